The molecule has 18 heavy (non-hydrogen) atoms. The summed E-state index contributed by atoms with van der Waals surface area (Å²) in [6.07, 6.45) is 7.25. The molecule has 1 aromatic rings. The summed E-state index contributed by atoms with van der Waals surface area (Å²) in [4.78, 5) is 11.9. The Morgan fingerprint density at radius 2 is 1.83 bits per heavy atom. The van der Waals surface area contributed by atoms with Crippen molar-refractivity contribution in [2.75, 3.05) is 5.73 Å². The minimum atomic E-state index is -0.510. The summed E-state index contributed by atoms with van der Waals surface area (Å²) in [5.74, 6) is -0.564. The van der Waals surface area contributed by atoms with E-state index >= 15 is 0 Å². The number of nitrogens with two attached hydrogens (primary N) is 1. The van der Waals surface area contributed by atoms with Crippen LogP contribution < -0.4 is 5.73 Å². The van der Waals surface area contributed by atoms with Crippen LogP contribution >= 0.6 is 0 Å². The molecule has 0 atom stereocenters. The summed E-state index contributed by atoms with van der Waals surface area (Å²) in [5, 5.41) is 0. The molecule has 0 aromatic heterocycles. The van der Waals surface area contributed by atoms with E-state index in [0.29, 0.717) is 12.0 Å². The Bertz CT molecular complexity index is 390. The van der Waals surface area contributed by atoms with Crippen LogP contribution in [0.15, 0.2) is 18.2 Å². The number of hydrogen-bond donors (Lipinski definition) is 1. The molecule has 2 N–H and O–H groups in total. The number of halogens is 1. The van der Waals surface area contributed by atoms with Crippen LogP contribution in [-0.4, -0.2) is 5.78 Å². The molecular formula is C15H22FNO. The predicted octanol–water partition coefficient (Wildman–Crippen LogP) is 4.34. The van der Waals surface area contributed by atoms with Gasteiger partial charge in [0.2, 0.25) is 0 Å². The van der Waals surface area contributed by atoms with E-state index in [9.17, 15) is 9.18 Å². The normalized spacial score (nSPS) is 10.6. The largest absolute Gasteiger partial charge is 0.396 e. The molecule has 0 heterocycles. The molecule has 0 amide bonds. The first-order valence-electron chi connectivity index (χ1n) is 6.74. The van der Waals surface area contributed by atoms with Crippen molar-refractivity contribution in [3.05, 3.63) is 29.6 Å². The highest BCUT2D eigenvalue weighted by molar-refractivity contribution is 6.00. The van der Waals surface area contributed by atoms with E-state index in [1.807, 2.05) is 0 Å². The van der Waals surface area contributed by atoms with Crippen LogP contribution in [-0.2, 0) is 0 Å². The third-order valence-corrected chi connectivity index (χ3v) is 3.11. The van der Waals surface area contributed by atoms with E-state index in [2.05, 4.69) is 6.92 Å². The summed E-state index contributed by atoms with van der Waals surface area (Å²) in [6.45, 7) is 2.18. The molecule has 3 heteroatoms. The molecule has 0 unspecified atom stereocenters. The number of carbonyl (C=O) groups excluding carboxylic acids is 1. The van der Waals surface area contributed by atoms with Crippen molar-refractivity contribution in [2.45, 2.75) is 51.9 Å². The number of hydrogen-bond acceptors (Lipinski definition) is 2. The van der Waals surface area contributed by atoms with Gasteiger partial charge in [-0.05, 0) is 18.6 Å². The molecule has 0 fully saturated rings. The first-order chi connectivity index (χ1) is 8.66. The fourth-order valence-electron chi connectivity index (χ4n) is 1.98. The van der Waals surface area contributed by atoms with Crippen LogP contribution in [0.25, 0.3) is 0 Å². The zero-order chi connectivity index (χ0) is 13.4. The Hall–Kier alpha value is -1.38. The molecule has 1 rings (SSSR count). The molecule has 0 saturated carbocycles. The van der Waals surface area contributed by atoms with Crippen LogP contribution in [0.1, 0.15) is 62.2 Å². The van der Waals surface area contributed by atoms with Gasteiger partial charge in [0.05, 0.1) is 5.69 Å². The topological polar surface area (TPSA) is 43.1 Å². The lowest BCUT2D eigenvalue weighted by molar-refractivity contribution is 0.0979. The first-order valence-corrected chi connectivity index (χ1v) is 6.74. The molecule has 0 bridgehead atoms. The SMILES string of the molecule is CCCCCCCCC(=O)c1cccc(F)c1N. The van der Waals surface area contributed by atoms with Crippen molar-refractivity contribution in [2.24, 2.45) is 0 Å². The third kappa shape index (κ3) is 4.47. The molecule has 0 aliphatic heterocycles. The zero-order valence-electron chi connectivity index (χ0n) is 11.0. The lowest BCUT2D eigenvalue weighted by atomic mass is 10.0. The fourth-order valence-corrected chi connectivity index (χ4v) is 1.98. The Kier molecular flexibility index (Phi) is 6.40. The van der Waals surface area contributed by atoms with Gasteiger partial charge in [0.25, 0.3) is 0 Å². The van der Waals surface area contributed by atoms with Gasteiger partial charge in [-0.1, -0.05) is 45.1 Å². The number of carbonyl (C=O) groups is 1. The van der Waals surface area contributed by atoms with Crippen molar-refractivity contribution < 1.29 is 9.18 Å². The van der Waals surface area contributed by atoms with Crippen molar-refractivity contribution in [3.63, 3.8) is 0 Å². The highest BCUT2D eigenvalue weighted by atomic mass is 19.1. The fraction of sp³-hybridized carbons (Fsp3) is 0.533. The van der Waals surface area contributed by atoms with Crippen molar-refractivity contribution in [1.82, 2.24) is 0 Å². The van der Waals surface area contributed by atoms with Crippen LogP contribution in [0, 0.1) is 5.82 Å². The van der Waals surface area contributed by atoms with Gasteiger partial charge in [0, 0.05) is 12.0 Å². The monoisotopic (exact) mass is 251 g/mol. The molecule has 0 spiro atoms. The highest BCUT2D eigenvalue weighted by Gasteiger charge is 2.11. The van der Waals surface area contributed by atoms with Gasteiger partial charge < -0.3 is 5.73 Å². The second-order valence-electron chi connectivity index (χ2n) is 4.64. The maximum absolute atomic E-state index is 13.2. The van der Waals surface area contributed by atoms with Crippen LogP contribution in [0.3, 0.4) is 0 Å². The zero-order valence-corrected chi connectivity index (χ0v) is 11.0. The summed E-state index contributed by atoms with van der Waals surface area (Å²) >= 11 is 0. The molecule has 0 radical (unpaired) electrons. The smallest absolute Gasteiger partial charge is 0.165 e. The van der Waals surface area contributed by atoms with E-state index in [1.54, 1.807) is 6.07 Å². The number of nitrogen functional groups attached to an aromatic ring is 1. The molecule has 2 nitrogen and oxygen atoms in total. The average Bonchev–Trinajstić information content (AvgIpc) is 2.36. The minimum absolute atomic E-state index is 0.0199. The predicted molar refractivity (Wildman–Crippen MR) is 73.1 cm³/mol. The van der Waals surface area contributed by atoms with E-state index in [0.717, 1.165) is 12.8 Å². The summed E-state index contributed by atoms with van der Waals surface area (Å²) in [5.41, 5.74) is 5.86. The molecule has 1 aromatic carbocycles. The van der Waals surface area contributed by atoms with Gasteiger partial charge in [0.1, 0.15) is 5.82 Å². The van der Waals surface area contributed by atoms with Crippen LogP contribution in [0.4, 0.5) is 10.1 Å². The minimum Gasteiger partial charge on any atom is -0.396 e. The van der Waals surface area contributed by atoms with E-state index < -0.39 is 5.82 Å². The van der Waals surface area contributed by atoms with E-state index in [4.69, 9.17) is 5.73 Å². The number of rotatable bonds is 8. The standard InChI is InChI=1S/C15H22FNO/c1-2-3-4-5-6-7-11-14(18)12-9-8-10-13(16)15(12)17/h8-10H,2-7,11,17H2,1H3. The van der Waals surface area contributed by atoms with Gasteiger partial charge in [0.15, 0.2) is 5.78 Å². The van der Waals surface area contributed by atoms with Gasteiger partial charge in [-0.15, -0.1) is 0 Å². The second kappa shape index (κ2) is 7.85. The molecular weight excluding hydrogens is 229 g/mol. The Balaban J connectivity index is 2.35. The molecule has 0 aliphatic rings. The molecule has 0 aliphatic carbocycles. The number of ketones is 1. The van der Waals surface area contributed by atoms with Crippen LogP contribution in [0.2, 0.25) is 0 Å². The quantitative estimate of drug-likeness (QED) is 0.424. The summed E-state index contributed by atoms with van der Waals surface area (Å²) in [6, 6.07) is 4.40. The number of Topliss-reactive ketones (excluding diaryl/α,β-unsaturated/α-hetero) is 1. The van der Waals surface area contributed by atoms with Crippen molar-refractivity contribution in [3.8, 4) is 0 Å². The Morgan fingerprint density at radius 3 is 2.56 bits per heavy atom. The number of benzene rings is 1. The highest BCUT2D eigenvalue weighted by Crippen LogP contribution is 2.19. The Morgan fingerprint density at radius 1 is 1.17 bits per heavy atom. The van der Waals surface area contributed by atoms with Gasteiger partial charge in [-0.2, -0.15) is 0 Å². The van der Waals surface area contributed by atoms with Gasteiger partial charge in [-0.3, -0.25) is 4.79 Å². The van der Waals surface area contributed by atoms with Crippen molar-refractivity contribution >= 4 is 11.5 Å². The van der Waals surface area contributed by atoms with Crippen molar-refractivity contribution in [1.29, 1.82) is 0 Å². The first kappa shape index (κ1) is 14.7. The number of unbranched alkanes of at least 4 members (excludes halogenated alkanes) is 5. The van der Waals surface area contributed by atoms with E-state index in [1.165, 1.54) is 37.8 Å². The lowest BCUT2D eigenvalue weighted by Crippen LogP contribution is -2.05. The molecule has 100 valence electrons. The van der Waals surface area contributed by atoms with Gasteiger partial charge >= 0.3 is 0 Å². The molecule has 0 saturated heterocycles. The third-order valence-electron chi connectivity index (χ3n) is 3.11. The maximum atomic E-state index is 13.2. The van der Waals surface area contributed by atoms with Gasteiger partial charge in [-0.25, -0.2) is 4.39 Å². The van der Waals surface area contributed by atoms with E-state index in [-0.39, 0.29) is 11.5 Å². The average molecular weight is 251 g/mol. The number of para-hydroxylation sites is 1. The number of anilines is 1. The maximum Gasteiger partial charge on any atom is 0.165 e. The summed E-state index contributed by atoms with van der Waals surface area (Å²) < 4.78 is 13.2. The lowest BCUT2D eigenvalue weighted by Gasteiger charge is -2.05. The summed E-state index contributed by atoms with van der Waals surface area (Å²) in [7, 11) is 0. The van der Waals surface area contributed by atoms with Crippen LogP contribution in [0.5, 0.6) is 0 Å². The Labute approximate surface area is 108 Å². The second-order valence-corrected chi connectivity index (χ2v) is 4.64.